The number of non-ortho nitro benzene ring substituents is 1. The van der Waals surface area contributed by atoms with E-state index in [0.29, 0.717) is 51.6 Å². The van der Waals surface area contributed by atoms with Gasteiger partial charge in [-0.1, -0.05) is 47.5 Å². The van der Waals surface area contributed by atoms with Crippen LogP contribution in [0.1, 0.15) is 22.6 Å². The molecule has 4 aliphatic rings. The number of benzene rings is 3. The van der Waals surface area contributed by atoms with Gasteiger partial charge in [0.2, 0.25) is 0 Å². The Balaban J connectivity index is 1.54. The van der Waals surface area contributed by atoms with Crippen LogP contribution in [0.5, 0.6) is 0 Å². The fourth-order valence-electron chi connectivity index (χ4n) is 7.78. The number of halogens is 2. The summed E-state index contributed by atoms with van der Waals surface area (Å²) in [5, 5.41) is 16.2. The summed E-state index contributed by atoms with van der Waals surface area (Å²) < 4.78 is 0. The highest BCUT2D eigenvalue weighted by atomic mass is 35.5. The number of nitrogens with zero attached hydrogens (tertiary/aromatic N) is 3. The average Bonchev–Trinajstić information content (AvgIpc) is 3.61. The lowest BCUT2D eigenvalue weighted by atomic mass is 9.55. The first kappa shape index (κ1) is 27.6. The first-order chi connectivity index (χ1) is 20.2. The molecule has 2 spiro atoms. The molecule has 3 aromatic carbocycles. The van der Waals surface area contributed by atoms with E-state index >= 15 is 4.79 Å². The lowest BCUT2D eigenvalue weighted by Gasteiger charge is -2.51. The molecule has 0 bridgehead atoms. The van der Waals surface area contributed by atoms with Gasteiger partial charge in [-0.2, -0.15) is 0 Å². The Morgan fingerprint density at radius 1 is 1.05 bits per heavy atom. The molecule has 3 aromatic rings. The van der Waals surface area contributed by atoms with Crippen LogP contribution in [0.4, 0.5) is 11.4 Å². The number of likely N-dealkylation sites (N-methyl/N-ethyl adjacent to an activating group) is 1. The molecule has 0 saturated carbocycles. The summed E-state index contributed by atoms with van der Waals surface area (Å²) >= 11 is 14.1. The van der Waals surface area contributed by atoms with Crippen molar-refractivity contribution in [3.05, 3.63) is 109 Å². The molecule has 0 aliphatic carbocycles. The van der Waals surface area contributed by atoms with Crippen molar-refractivity contribution in [3.63, 3.8) is 0 Å². The van der Waals surface area contributed by atoms with Crippen molar-refractivity contribution in [1.29, 1.82) is 0 Å². The number of nitro benzene ring substituents is 1. The molecule has 0 unspecified atom stereocenters. The van der Waals surface area contributed by atoms with E-state index in [0.717, 1.165) is 11.1 Å². The van der Waals surface area contributed by atoms with Gasteiger partial charge in [0, 0.05) is 75.7 Å². The Hall–Kier alpha value is -3.21. The van der Waals surface area contributed by atoms with Crippen molar-refractivity contribution in [2.75, 3.05) is 37.1 Å². The highest BCUT2D eigenvalue weighted by Crippen LogP contribution is 2.68. The Morgan fingerprint density at radius 2 is 1.74 bits per heavy atom. The quantitative estimate of drug-likeness (QED) is 0.224. The largest absolute Gasteiger partial charge is 0.324 e. The number of fused-ring (bicyclic) bond motifs is 5. The van der Waals surface area contributed by atoms with E-state index in [1.54, 1.807) is 30.0 Å². The third kappa shape index (κ3) is 3.77. The third-order valence-corrected chi connectivity index (χ3v) is 10.7. The van der Waals surface area contributed by atoms with E-state index in [1.807, 2.05) is 49.5 Å². The minimum atomic E-state index is -1.46. The van der Waals surface area contributed by atoms with Crippen molar-refractivity contribution in [2.24, 2.45) is 5.41 Å². The molecule has 7 rings (SSSR count). The first-order valence-electron chi connectivity index (χ1n) is 13.6. The zero-order valence-electron chi connectivity index (χ0n) is 22.6. The van der Waals surface area contributed by atoms with Gasteiger partial charge in [0.25, 0.3) is 11.6 Å². The van der Waals surface area contributed by atoms with Gasteiger partial charge in [-0.05, 0) is 54.6 Å². The van der Waals surface area contributed by atoms with E-state index < -0.39 is 15.9 Å². The van der Waals surface area contributed by atoms with Crippen molar-refractivity contribution < 1.29 is 14.5 Å². The van der Waals surface area contributed by atoms with Crippen molar-refractivity contribution >= 4 is 64.1 Å². The molecule has 0 radical (unpaired) electrons. The minimum absolute atomic E-state index is 0.119. The summed E-state index contributed by atoms with van der Waals surface area (Å²) in [5.74, 6) is 0.395. The number of Topliss-reactive ketones (excluding diaryl/α,β-unsaturated/α-hetero) is 1. The van der Waals surface area contributed by atoms with E-state index in [4.69, 9.17) is 23.2 Å². The van der Waals surface area contributed by atoms with Crippen molar-refractivity contribution in [1.82, 2.24) is 9.80 Å². The number of piperidine rings is 1. The molecule has 3 saturated heterocycles. The standard InChI is InChI=1S/C31H26Cl2N4O4S/c1-35-14-20(12-18-2-6-21(32)7-3-18)28(38)30(16-35)27(19-4-8-22(33)9-5-19)26-15-42-17-36(26)31(30)24-13-23(37(40)41)10-11-25(24)34-29(31)39/h2-13,26-27H,14-17H2,1H3,(H,34,39)/b20-12+/t26-,27-,30-,31-/m0/s1. The maximum absolute atomic E-state index is 15.3. The monoisotopic (exact) mass is 620 g/mol. The lowest BCUT2D eigenvalue weighted by Crippen LogP contribution is -2.65. The van der Waals surface area contributed by atoms with Gasteiger partial charge in [-0.3, -0.25) is 24.6 Å². The number of anilines is 1. The van der Waals surface area contributed by atoms with Crippen LogP contribution in [0.3, 0.4) is 0 Å². The van der Waals surface area contributed by atoms with Gasteiger partial charge in [0.15, 0.2) is 5.78 Å². The molecule has 0 aromatic heterocycles. The maximum Gasteiger partial charge on any atom is 0.269 e. The summed E-state index contributed by atoms with van der Waals surface area (Å²) in [6.07, 6.45) is 1.88. The molecule has 1 N–H and O–H groups in total. The molecular weight excluding hydrogens is 595 g/mol. The van der Waals surface area contributed by atoms with Crippen LogP contribution in [0, 0.1) is 15.5 Å². The SMILES string of the molecule is CN1C/C(=C\c2ccc(Cl)cc2)C(=O)[C@]2(C1)[C@@H](c1ccc(Cl)cc1)[C@@H]1CSCN1[C@@]21C(=O)Nc2ccc([N+](=O)[O-])cc21. The molecule has 214 valence electrons. The molecule has 4 heterocycles. The normalized spacial score (nSPS) is 29.8. The van der Waals surface area contributed by atoms with Crippen LogP contribution in [-0.4, -0.2) is 64.2 Å². The Bertz CT molecular complexity index is 1680. The van der Waals surface area contributed by atoms with E-state index in [9.17, 15) is 14.9 Å². The van der Waals surface area contributed by atoms with E-state index in [1.165, 1.54) is 12.1 Å². The third-order valence-electron chi connectivity index (χ3n) is 9.19. The lowest BCUT2D eigenvalue weighted by molar-refractivity contribution is -0.385. The van der Waals surface area contributed by atoms with Gasteiger partial charge >= 0.3 is 0 Å². The van der Waals surface area contributed by atoms with Gasteiger partial charge < -0.3 is 10.2 Å². The second-order valence-electron chi connectivity index (χ2n) is 11.4. The van der Waals surface area contributed by atoms with Crippen LogP contribution in [0.15, 0.2) is 72.3 Å². The summed E-state index contributed by atoms with van der Waals surface area (Å²) in [6, 6.07) is 19.1. The highest BCUT2D eigenvalue weighted by molar-refractivity contribution is 7.99. The Labute approximate surface area is 256 Å². The first-order valence-corrected chi connectivity index (χ1v) is 15.5. The smallest absolute Gasteiger partial charge is 0.269 e. The molecule has 4 aliphatic heterocycles. The summed E-state index contributed by atoms with van der Waals surface area (Å²) in [5.41, 5.74) is 0.430. The number of thioether (sulfide) groups is 1. The number of nitro groups is 1. The van der Waals surface area contributed by atoms with E-state index in [-0.39, 0.29) is 29.3 Å². The van der Waals surface area contributed by atoms with Crippen molar-refractivity contribution in [3.8, 4) is 0 Å². The molecule has 11 heteroatoms. The molecular formula is C31H26Cl2N4O4S. The number of rotatable bonds is 3. The maximum atomic E-state index is 15.3. The molecule has 3 fully saturated rings. The fraction of sp³-hybridized carbons (Fsp3) is 0.290. The Kier molecular flexibility index (Phi) is 6.52. The number of ketones is 1. The topological polar surface area (TPSA) is 95.8 Å². The van der Waals surface area contributed by atoms with Crippen LogP contribution in [0.2, 0.25) is 10.0 Å². The number of hydrogen-bond donors (Lipinski definition) is 1. The van der Waals surface area contributed by atoms with Gasteiger partial charge in [0.1, 0.15) is 5.54 Å². The Morgan fingerprint density at radius 3 is 2.43 bits per heavy atom. The predicted octanol–water partition coefficient (Wildman–Crippen LogP) is 5.81. The summed E-state index contributed by atoms with van der Waals surface area (Å²) in [6.45, 7) is 0.694. The molecule has 8 nitrogen and oxygen atoms in total. The van der Waals surface area contributed by atoms with Crippen LogP contribution < -0.4 is 5.32 Å². The zero-order valence-corrected chi connectivity index (χ0v) is 24.9. The number of carbonyl (C=O) groups excluding carboxylic acids is 2. The van der Waals surface area contributed by atoms with Crippen LogP contribution in [-0.2, 0) is 15.1 Å². The molecule has 1 amide bonds. The van der Waals surface area contributed by atoms with E-state index in [2.05, 4.69) is 15.1 Å². The van der Waals surface area contributed by atoms with Crippen LogP contribution in [0.25, 0.3) is 6.08 Å². The number of carbonyl (C=O) groups is 2. The number of likely N-dealkylation sites (tertiary alicyclic amines) is 1. The van der Waals surface area contributed by atoms with Gasteiger partial charge in [0.05, 0.1) is 10.3 Å². The second-order valence-corrected chi connectivity index (χ2v) is 13.3. The molecule has 4 atom stereocenters. The van der Waals surface area contributed by atoms with Crippen LogP contribution >= 0.6 is 35.0 Å². The summed E-state index contributed by atoms with van der Waals surface area (Å²) in [4.78, 5) is 45.6. The average molecular weight is 622 g/mol. The van der Waals surface area contributed by atoms with Gasteiger partial charge in [-0.25, -0.2) is 0 Å². The number of hydrogen-bond acceptors (Lipinski definition) is 7. The number of nitrogens with one attached hydrogen (secondary N) is 1. The number of amides is 1. The predicted molar refractivity (Wildman–Crippen MR) is 165 cm³/mol. The molecule has 42 heavy (non-hydrogen) atoms. The minimum Gasteiger partial charge on any atom is -0.324 e. The van der Waals surface area contributed by atoms with Gasteiger partial charge in [-0.15, -0.1) is 11.8 Å². The summed E-state index contributed by atoms with van der Waals surface area (Å²) in [7, 11) is 1.95. The fourth-order valence-corrected chi connectivity index (χ4v) is 9.33. The second kappa shape index (κ2) is 9.92. The van der Waals surface area contributed by atoms with Crippen molar-refractivity contribution in [2.45, 2.75) is 17.5 Å². The highest BCUT2D eigenvalue weighted by Gasteiger charge is 2.78. The zero-order chi connectivity index (χ0) is 29.4.